The highest BCUT2D eigenvalue weighted by atomic mass is 32.2. The summed E-state index contributed by atoms with van der Waals surface area (Å²) in [6.45, 7) is 5.08. The van der Waals surface area contributed by atoms with Crippen molar-refractivity contribution >= 4 is 27.3 Å². The smallest absolute Gasteiger partial charge is 0.264 e. The van der Waals surface area contributed by atoms with E-state index in [-0.39, 0.29) is 22.6 Å². The van der Waals surface area contributed by atoms with Crippen LogP contribution in [0.1, 0.15) is 19.4 Å². The molecule has 0 radical (unpaired) electrons. The molecule has 3 aromatic rings. The van der Waals surface area contributed by atoms with Crippen LogP contribution in [0.25, 0.3) is 0 Å². The molecule has 174 valence electrons. The van der Waals surface area contributed by atoms with Crippen LogP contribution >= 0.6 is 0 Å². The Morgan fingerprint density at radius 3 is 2.42 bits per heavy atom. The van der Waals surface area contributed by atoms with Gasteiger partial charge in [-0.3, -0.25) is 9.10 Å². The molecule has 33 heavy (non-hydrogen) atoms. The van der Waals surface area contributed by atoms with E-state index in [0.717, 1.165) is 9.87 Å². The number of carbonyl (C=O) groups excluding carboxylic acids is 1. The summed E-state index contributed by atoms with van der Waals surface area (Å²) in [6.07, 6.45) is 1.40. The Morgan fingerprint density at radius 1 is 1.06 bits per heavy atom. The Kier molecular flexibility index (Phi) is 7.55. The number of ether oxygens (including phenoxy) is 2. The second-order valence-electron chi connectivity index (χ2n) is 7.57. The highest BCUT2D eigenvalue weighted by Crippen LogP contribution is 2.32. The van der Waals surface area contributed by atoms with Crippen molar-refractivity contribution in [1.29, 1.82) is 0 Å². The molecule has 0 aliphatic heterocycles. The third kappa shape index (κ3) is 5.81. The Labute approximate surface area is 194 Å². The van der Waals surface area contributed by atoms with Gasteiger partial charge in [-0.15, -0.1) is 0 Å². The molecular weight excluding hydrogens is 442 g/mol. The van der Waals surface area contributed by atoms with Crippen LogP contribution in [0.5, 0.6) is 11.6 Å². The predicted octanol–water partition coefficient (Wildman–Crippen LogP) is 4.02. The van der Waals surface area contributed by atoms with Crippen LogP contribution in [0, 0.1) is 6.92 Å². The molecule has 1 aromatic heterocycles. The topological polar surface area (TPSA) is 97.8 Å². The largest absolute Gasteiger partial charge is 0.495 e. The number of aryl methyl sites for hydroxylation is 1. The molecule has 0 spiro atoms. The van der Waals surface area contributed by atoms with Gasteiger partial charge in [0.25, 0.3) is 10.0 Å². The molecule has 0 atom stereocenters. The fourth-order valence-corrected chi connectivity index (χ4v) is 4.53. The van der Waals surface area contributed by atoms with Crippen molar-refractivity contribution in [3.63, 3.8) is 0 Å². The lowest BCUT2D eigenvalue weighted by Gasteiger charge is -2.25. The number of aromatic nitrogens is 1. The summed E-state index contributed by atoms with van der Waals surface area (Å²) >= 11 is 0. The van der Waals surface area contributed by atoms with Crippen molar-refractivity contribution < 1.29 is 22.7 Å². The number of benzene rings is 2. The first-order valence-electron chi connectivity index (χ1n) is 10.4. The zero-order valence-corrected chi connectivity index (χ0v) is 19.8. The number of hydrogen-bond donors (Lipinski definition) is 1. The Morgan fingerprint density at radius 2 is 1.76 bits per heavy atom. The Bertz CT molecular complexity index is 1210. The summed E-state index contributed by atoms with van der Waals surface area (Å²) in [7, 11) is -2.63. The van der Waals surface area contributed by atoms with Crippen LogP contribution in [0.15, 0.2) is 71.8 Å². The van der Waals surface area contributed by atoms with Gasteiger partial charge in [0.1, 0.15) is 18.0 Å². The quantitative estimate of drug-likeness (QED) is 0.508. The maximum Gasteiger partial charge on any atom is 0.264 e. The maximum absolute atomic E-state index is 13.6. The van der Waals surface area contributed by atoms with Crippen LogP contribution in [0.2, 0.25) is 0 Å². The van der Waals surface area contributed by atoms with Crippen LogP contribution in [0.3, 0.4) is 0 Å². The van der Waals surface area contributed by atoms with Gasteiger partial charge in [0, 0.05) is 6.20 Å². The SMILES string of the molecule is COc1ccccc1N(CC(=O)Nc1cccnc1OC(C)C)S(=O)(=O)c1ccc(C)cc1. The fraction of sp³-hybridized carbons (Fsp3) is 0.250. The minimum absolute atomic E-state index is 0.0667. The molecule has 1 N–H and O–H groups in total. The summed E-state index contributed by atoms with van der Waals surface area (Å²) in [4.78, 5) is 17.2. The molecular formula is C24H27N3O5S. The first-order chi connectivity index (χ1) is 15.7. The molecule has 0 aliphatic rings. The van der Waals surface area contributed by atoms with Gasteiger partial charge >= 0.3 is 0 Å². The number of nitrogens with zero attached hydrogens (tertiary/aromatic N) is 2. The standard InChI is InChI=1S/C24H27N3O5S/c1-17(2)32-24-20(8-7-15-25-24)26-23(28)16-27(21-9-5-6-10-22(21)31-4)33(29,30)19-13-11-18(3)12-14-19/h5-15,17H,16H2,1-4H3,(H,26,28). The third-order valence-corrected chi connectivity index (χ3v) is 6.42. The molecule has 1 amide bonds. The van der Waals surface area contributed by atoms with Gasteiger partial charge in [0.05, 0.1) is 23.8 Å². The highest BCUT2D eigenvalue weighted by Gasteiger charge is 2.29. The van der Waals surface area contributed by atoms with Gasteiger partial charge in [-0.1, -0.05) is 29.8 Å². The number of methoxy groups -OCH3 is 1. The molecule has 0 bridgehead atoms. The van der Waals surface area contributed by atoms with Gasteiger partial charge < -0.3 is 14.8 Å². The summed E-state index contributed by atoms with van der Waals surface area (Å²) in [5.74, 6) is 0.0236. The number of carbonyl (C=O) groups is 1. The number of anilines is 2. The third-order valence-electron chi connectivity index (χ3n) is 4.64. The van der Waals surface area contributed by atoms with Crippen molar-refractivity contribution in [2.75, 3.05) is 23.3 Å². The van der Waals surface area contributed by atoms with Gasteiger partial charge in [-0.25, -0.2) is 13.4 Å². The lowest BCUT2D eigenvalue weighted by atomic mass is 10.2. The van der Waals surface area contributed by atoms with Crippen molar-refractivity contribution in [3.05, 3.63) is 72.4 Å². The number of pyridine rings is 1. The molecule has 0 aliphatic carbocycles. The summed E-state index contributed by atoms with van der Waals surface area (Å²) < 4.78 is 39.2. The van der Waals surface area contributed by atoms with Crippen molar-refractivity contribution in [3.8, 4) is 11.6 Å². The van der Waals surface area contributed by atoms with Crippen molar-refractivity contribution in [2.45, 2.75) is 31.8 Å². The molecule has 8 nitrogen and oxygen atoms in total. The zero-order chi connectivity index (χ0) is 24.0. The van der Waals surface area contributed by atoms with E-state index in [2.05, 4.69) is 10.3 Å². The minimum Gasteiger partial charge on any atom is -0.495 e. The highest BCUT2D eigenvalue weighted by molar-refractivity contribution is 7.92. The Hall–Kier alpha value is -3.59. The number of nitrogens with one attached hydrogen (secondary N) is 1. The van der Waals surface area contributed by atoms with Crippen LogP contribution in [-0.4, -0.2) is 39.1 Å². The average molecular weight is 470 g/mol. The lowest BCUT2D eigenvalue weighted by molar-refractivity contribution is -0.114. The fourth-order valence-electron chi connectivity index (χ4n) is 3.10. The summed E-state index contributed by atoms with van der Waals surface area (Å²) in [6, 6.07) is 16.4. The first-order valence-corrected chi connectivity index (χ1v) is 11.8. The number of sulfonamides is 1. The minimum atomic E-state index is -4.07. The molecule has 3 rings (SSSR count). The van der Waals surface area contributed by atoms with E-state index in [9.17, 15) is 13.2 Å². The van der Waals surface area contributed by atoms with E-state index in [0.29, 0.717) is 11.4 Å². The molecule has 2 aromatic carbocycles. The molecule has 0 saturated carbocycles. The van der Waals surface area contributed by atoms with E-state index >= 15 is 0 Å². The van der Waals surface area contributed by atoms with E-state index in [4.69, 9.17) is 9.47 Å². The number of rotatable bonds is 9. The lowest BCUT2D eigenvalue weighted by Crippen LogP contribution is -2.38. The molecule has 0 saturated heterocycles. The van der Waals surface area contributed by atoms with Gasteiger partial charge in [-0.2, -0.15) is 0 Å². The summed E-state index contributed by atoms with van der Waals surface area (Å²) in [5, 5.41) is 2.71. The molecule has 9 heteroatoms. The van der Waals surface area contributed by atoms with Crippen LogP contribution in [-0.2, 0) is 14.8 Å². The normalized spacial score (nSPS) is 11.2. The van der Waals surface area contributed by atoms with Gasteiger partial charge in [0.2, 0.25) is 11.8 Å². The maximum atomic E-state index is 13.6. The number of amides is 1. The Balaban J connectivity index is 1.97. The number of para-hydroxylation sites is 2. The second kappa shape index (κ2) is 10.4. The summed E-state index contributed by atoms with van der Waals surface area (Å²) in [5.41, 5.74) is 1.52. The van der Waals surface area contributed by atoms with Gasteiger partial charge in [-0.05, 0) is 57.2 Å². The van der Waals surface area contributed by atoms with Crippen LogP contribution in [0.4, 0.5) is 11.4 Å². The first kappa shape index (κ1) is 24.1. The van der Waals surface area contributed by atoms with Crippen molar-refractivity contribution in [2.24, 2.45) is 0 Å². The monoisotopic (exact) mass is 469 g/mol. The van der Waals surface area contributed by atoms with E-state index < -0.39 is 22.5 Å². The van der Waals surface area contributed by atoms with E-state index in [1.807, 2.05) is 20.8 Å². The predicted molar refractivity (Wildman–Crippen MR) is 127 cm³/mol. The average Bonchev–Trinajstić information content (AvgIpc) is 2.78. The second-order valence-corrected chi connectivity index (χ2v) is 9.43. The molecule has 1 heterocycles. The van der Waals surface area contributed by atoms with Crippen LogP contribution < -0.4 is 19.1 Å². The molecule has 0 unspecified atom stereocenters. The van der Waals surface area contributed by atoms with E-state index in [1.54, 1.807) is 54.7 Å². The molecule has 0 fully saturated rings. The van der Waals surface area contributed by atoms with E-state index in [1.165, 1.54) is 19.2 Å². The number of hydrogen-bond acceptors (Lipinski definition) is 6. The zero-order valence-electron chi connectivity index (χ0n) is 19.0. The van der Waals surface area contributed by atoms with Crippen molar-refractivity contribution in [1.82, 2.24) is 4.98 Å². The van der Waals surface area contributed by atoms with Gasteiger partial charge in [0.15, 0.2) is 0 Å².